The Kier molecular flexibility index (Phi) is 4.62. The molecular weight excluding hydrogens is 346 g/mol. The highest BCUT2D eigenvalue weighted by Gasteiger charge is 2.15. The smallest absolute Gasteiger partial charge is 0.283 e. The van der Waals surface area contributed by atoms with Crippen molar-refractivity contribution >= 4 is 33.2 Å². The van der Waals surface area contributed by atoms with Crippen molar-refractivity contribution in [1.29, 1.82) is 0 Å². The van der Waals surface area contributed by atoms with Crippen LogP contribution in [-0.2, 0) is 6.61 Å². The number of hydrogen-bond donors (Lipinski definition) is 0. The third kappa shape index (κ3) is 3.29. The zero-order valence-electron chi connectivity index (χ0n) is 10.6. The number of nitrogens with zero attached hydrogens (tertiary/aromatic N) is 1. The third-order valence-corrected chi connectivity index (χ3v) is 3.93. The molecule has 6 heteroatoms. The van der Waals surface area contributed by atoms with Gasteiger partial charge in [0.15, 0.2) is 0 Å². The highest BCUT2D eigenvalue weighted by molar-refractivity contribution is 9.10. The molecule has 0 spiro atoms. The lowest BCUT2D eigenvalue weighted by atomic mass is 10.2. The molecular formula is C14H11BrClNO3. The van der Waals surface area contributed by atoms with Crippen LogP contribution >= 0.6 is 27.5 Å². The van der Waals surface area contributed by atoms with Gasteiger partial charge in [-0.25, -0.2) is 0 Å². The fourth-order valence-electron chi connectivity index (χ4n) is 1.75. The molecule has 0 saturated heterocycles. The standard InChI is InChI=1S/C14H11BrClNO3/c1-9-7-11(16)5-6-13(9)20-8-10-3-2-4-12(14(10)15)17(18)19/h2-7H,8H2,1H3. The summed E-state index contributed by atoms with van der Waals surface area (Å²) in [6.45, 7) is 2.13. The van der Waals surface area contributed by atoms with Crippen molar-refractivity contribution in [3.63, 3.8) is 0 Å². The zero-order valence-corrected chi connectivity index (χ0v) is 12.9. The Morgan fingerprint density at radius 2 is 2.10 bits per heavy atom. The van der Waals surface area contributed by atoms with Gasteiger partial charge < -0.3 is 4.74 Å². The second-order valence-electron chi connectivity index (χ2n) is 4.21. The average Bonchev–Trinajstić information content (AvgIpc) is 2.39. The number of halogens is 2. The van der Waals surface area contributed by atoms with Crippen molar-refractivity contribution in [2.75, 3.05) is 0 Å². The van der Waals surface area contributed by atoms with E-state index in [0.29, 0.717) is 20.8 Å². The first-order chi connectivity index (χ1) is 9.49. The van der Waals surface area contributed by atoms with Gasteiger partial charge in [-0.1, -0.05) is 23.7 Å². The van der Waals surface area contributed by atoms with Gasteiger partial charge in [0.05, 0.1) is 4.92 Å². The molecule has 0 bridgehead atoms. The van der Waals surface area contributed by atoms with Crippen molar-refractivity contribution in [3.05, 3.63) is 67.1 Å². The third-order valence-electron chi connectivity index (χ3n) is 2.78. The maximum atomic E-state index is 10.9. The van der Waals surface area contributed by atoms with Gasteiger partial charge in [0.2, 0.25) is 0 Å². The van der Waals surface area contributed by atoms with Crippen molar-refractivity contribution in [3.8, 4) is 5.75 Å². The first-order valence-electron chi connectivity index (χ1n) is 5.80. The van der Waals surface area contributed by atoms with Crippen LogP contribution in [-0.4, -0.2) is 4.92 Å². The normalized spacial score (nSPS) is 10.3. The predicted octanol–water partition coefficient (Wildman–Crippen LogP) is 4.90. The van der Waals surface area contributed by atoms with Gasteiger partial charge in [0.1, 0.15) is 16.8 Å². The summed E-state index contributed by atoms with van der Waals surface area (Å²) in [5, 5.41) is 11.5. The Morgan fingerprint density at radius 1 is 1.35 bits per heavy atom. The minimum atomic E-state index is -0.429. The van der Waals surface area contributed by atoms with Gasteiger partial charge in [0.25, 0.3) is 5.69 Å². The lowest BCUT2D eigenvalue weighted by Gasteiger charge is -2.10. The van der Waals surface area contributed by atoms with Crippen molar-refractivity contribution < 1.29 is 9.66 Å². The van der Waals surface area contributed by atoms with Gasteiger partial charge in [0, 0.05) is 16.7 Å². The largest absolute Gasteiger partial charge is 0.489 e. The highest BCUT2D eigenvalue weighted by Crippen LogP contribution is 2.30. The molecule has 0 unspecified atom stereocenters. The molecule has 0 atom stereocenters. The van der Waals surface area contributed by atoms with E-state index < -0.39 is 4.92 Å². The monoisotopic (exact) mass is 355 g/mol. The number of hydrogen-bond acceptors (Lipinski definition) is 3. The Balaban J connectivity index is 2.19. The van der Waals surface area contributed by atoms with E-state index in [-0.39, 0.29) is 12.3 Å². The maximum Gasteiger partial charge on any atom is 0.283 e. The van der Waals surface area contributed by atoms with E-state index in [4.69, 9.17) is 16.3 Å². The van der Waals surface area contributed by atoms with E-state index >= 15 is 0 Å². The van der Waals surface area contributed by atoms with Crippen LogP contribution in [0, 0.1) is 17.0 Å². The lowest BCUT2D eigenvalue weighted by molar-refractivity contribution is -0.385. The summed E-state index contributed by atoms with van der Waals surface area (Å²) in [5.41, 5.74) is 1.66. The molecule has 104 valence electrons. The van der Waals surface area contributed by atoms with Crippen molar-refractivity contribution in [2.45, 2.75) is 13.5 Å². The zero-order chi connectivity index (χ0) is 14.7. The van der Waals surface area contributed by atoms with Gasteiger partial charge >= 0.3 is 0 Å². The number of nitro groups is 1. The SMILES string of the molecule is Cc1cc(Cl)ccc1OCc1cccc([N+](=O)[O-])c1Br. The molecule has 0 radical (unpaired) electrons. The summed E-state index contributed by atoms with van der Waals surface area (Å²) < 4.78 is 6.12. The van der Waals surface area contributed by atoms with Crippen LogP contribution in [0.25, 0.3) is 0 Å². The van der Waals surface area contributed by atoms with Crippen LogP contribution in [0.4, 0.5) is 5.69 Å². The maximum absolute atomic E-state index is 10.9. The molecule has 2 aromatic rings. The second-order valence-corrected chi connectivity index (χ2v) is 5.44. The first kappa shape index (κ1) is 14.8. The van der Waals surface area contributed by atoms with E-state index in [0.717, 1.165) is 5.56 Å². The van der Waals surface area contributed by atoms with Crippen molar-refractivity contribution in [1.82, 2.24) is 0 Å². The minimum absolute atomic E-state index is 0.0268. The summed E-state index contributed by atoms with van der Waals surface area (Å²) in [7, 11) is 0. The number of rotatable bonds is 4. The van der Waals surface area contributed by atoms with Gasteiger partial charge in [-0.2, -0.15) is 0 Å². The molecule has 0 aliphatic heterocycles. The van der Waals surface area contributed by atoms with Crippen molar-refractivity contribution in [2.24, 2.45) is 0 Å². The van der Waals surface area contributed by atoms with Gasteiger partial charge in [-0.3, -0.25) is 10.1 Å². The fraction of sp³-hybridized carbons (Fsp3) is 0.143. The summed E-state index contributed by atoms with van der Waals surface area (Å²) in [4.78, 5) is 10.4. The molecule has 0 aromatic heterocycles. The summed E-state index contributed by atoms with van der Waals surface area (Å²) >= 11 is 9.12. The van der Waals surface area contributed by atoms with Crippen LogP contribution in [0.2, 0.25) is 5.02 Å². The quantitative estimate of drug-likeness (QED) is 0.578. The molecule has 0 saturated carbocycles. The van der Waals surface area contributed by atoms with Crippen LogP contribution in [0.1, 0.15) is 11.1 Å². The number of nitro benzene ring substituents is 1. The number of aryl methyl sites for hydroxylation is 1. The Labute approximate surface area is 129 Å². The summed E-state index contributed by atoms with van der Waals surface area (Å²) in [5.74, 6) is 0.702. The molecule has 0 heterocycles. The minimum Gasteiger partial charge on any atom is -0.489 e. The van der Waals surface area contributed by atoms with E-state index in [1.54, 1.807) is 30.3 Å². The van der Waals surface area contributed by atoms with E-state index in [1.807, 2.05) is 6.92 Å². The Bertz CT molecular complexity index is 661. The molecule has 0 fully saturated rings. The van der Waals surface area contributed by atoms with Gasteiger partial charge in [-0.05, 0) is 46.6 Å². The molecule has 0 aliphatic carbocycles. The molecule has 20 heavy (non-hydrogen) atoms. The van der Waals surface area contributed by atoms with Crippen LogP contribution < -0.4 is 4.74 Å². The lowest BCUT2D eigenvalue weighted by Crippen LogP contribution is -2.00. The first-order valence-corrected chi connectivity index (χ1v) is 6.97. The summed E-state index contributed by atoms with van der Waals surface area (Å²) in [6.07, 6.45) is 0. The van der Waals surface area contributed by atoms with Gasteiger partial charge in [-0.15, -0.1) is 0 Å². The van der Waals surface area contributed by atoms with E-state index in [1.165, 1.54) is 6.07 Å². The molecule has 4 nitrogen and oxygen atoms in total. The number of ether oxygens (including phenoxy) is 1. The molecule has 2 aromatic carbocycles. The molecule has 0 N–H and O–H groups in total. The molecule has 2 rings (SSSR count). The van der Waals surface area contributed by atoms with Crippen LogP contribution in [0.3, 0.4) is 0 Å². The predicted molar refractivity (Wildman–Crippen MR) is 81.3 cm³/mol. The Hall–Kier alpha value is -1.59. The van der Waals surface area contributed by atoms with Crippen LogP contribution in [0.15, 0.2) is 40.9 Å². The second kappa shape index (κ2) is 6.24. The Morgan fingerprint density at radius 3 is 2.75 bits per heavy atom. The highest BCUT2D eigenvalue weighted by atomic mass is 79.9. The topological polar surface area (TPSA) is 52.4 Å². The van der Waals surface area contributed by atoms with E-state index in [2.05, 4.69) is 15.9 Å². The number of benzene rings is 2. The fourth-order valence-corrected chi connectivity index (χ4v) is 2.50. The van der Waals surface area contributed by atoms with E-state index in [9.17, 15) is 10.1 Å². The molecule has 0 amide bonds. The summed E-state index contributed by atoms with van der Waals surface area (Å²) in [6, 6.07) is 10.2. The molecule has 0 aliphatic rings. The average molecular weight is 357 g/mol. The van der Waals surface area contributed by atoms with Crippen LogP contribution in [0.5, 0.6) is 5.75 Å².